The molecule has 0 saturated heterocycles. The lowest BCUT2D eigenvalue weighted by Gasteiger charge is -2.15. The lowest BCUT2D eigenvalue weighted by atomic mass is 9.90. The number of pyridine rings is 1. The fraction of sp³-hybridized carbons (Fsp3) is 0.400. The van der Waals surface area contributed by atoms with Gasteiger partial charge in [-0.05, 0) is 71.9 Å². The minimum Gasteiger partial charge on any atom is -0.200 e. The Kier molecular flexibility index (Phi) is 4.80. The lowest BCUT2D eigenvalue weighted by Crippen LogP contribution is -2.31. The van der Waals surface area contributed by atoms with Gasteiger partial charge in [-0.2, -0.15) is 0 Å². The molecule has 1 heterocycles. The summed E-state index contributed by atoms with van der Waals surface area (Å²) in [6.45, 7) is 13.4. The Morgan fingerprint density at radius 2 is 1.73 bits per heavy atom. The number of aryl methyl sites for hydroxylation is 1. The highest BCUT2D eigenvalue weighted by Gasteiger charge is 2.19. The maximum Gasteiger partial charge on any atom is 0.220 e. The van der Waals surface area contributed by atoms with E-state index < -0.39 is 0 Å². The standard InChI is InChI=1S/C25H32N/c1-16(2)12-20-8-9-23-21(14-20)10-11-26(7)25(23)24-15-22(17(3)4)13-18(5)19(24)6/h8-11,13-17H,12H2,1-7H3/q+1/i11D. The largest absolute Gasteiger partial charge is 0.220 e. The molecule has 3 aromatic rings. The van der Waals surface area contributed by atoms with Crippen molar-refractivity contribution in [3.05, 3.63) is 64.8 Å². The summed E-state index contributed by atoms with van der Waals surface area (Å²) in [6, 6.07) is 13.4. The zero-order chi connectivity index (χ0) is 19.9. The van der Waals surface area contributed by atoms with Crippen LogP contribution in [0.1, 0.15) is 57.2 Å². The topological polar surface area (TPSA) is 3.88 Å². The number of hydrogen-bond acceptors (Lipinski definition) is 0. The van der Waals surface area contributed by atoms with Gasteiger partial charge in [0.05, 0.1) is 10.9 Å². The molecule has 3 rings (SSSR count). The summed E-state index contributed by atoms with van der Waals surface area (Å²) < 4.78 is 10.6. The van der Waals surface area contributed by atoms with E-state index in [1.807, 2.05) is 17.7 Å². The second-order valence-corrected chi connectivity index (χ2v) is 8.37. The van der Waals surface area contributed by atoms with Gasteiger partial charge in [0.15, 0.2) is 6.17 Å². The fourth-order valence-electron chi connectivity index (χ4n) is 3.75. The van der Waals surface area contributed by atoms with Gasteiger partial charge in [-0.1, -0.05) is 45.9 Å². The molecule has 2 aromatic carbocycles. The van der Waals surface area contributed by atoms with Crippen molar-refractivity contribution in [2.75, 3.05) is 0 Å². The van der Waals surface area contributed by atoms with E-state index in [1.54, 1.807) is 0 Å². The van der Waals surface area contributed by atoms with E-state index >= 15 is 0 Å². The van der Waals surface area contributed by atoms with Gasteiger partial charge in [0.1, 0.15) is 8.42 Å². The van der Waals surface area contributed by atoms with E-state index in [0.29, 0.717) is 18.0 Å². The summed E-state index contributed by atoms with van der Waals surface area (Å²) in [4.78, 5) is 0. The van der Waals surface area contributed by atoms with Crippen molar-refractivity contribution in [1.82, 2.24) is 0 Å². The SMILES string of the molecule is [2H]c1cc2cc(CC(C)C)ccc2c(-c2cc(C(C)C)cc(C)c2C)[n+]1C. The molecule has 0 aliphatic heterocycles. The van der Waals surface area contributed by atoms with Crippen LogP contribution in [0.3, 0.4) is 0 Å². The highest BCUT2D eigenvalue weighted by atomic mass is 14.9. The zero-order valence-electron chi connectivity index (χ0n) is 18.3. The first-order valence-corrected chi connectivity index (χ1v) is 9.72. The van der Waals surface area contributed by atoms with Crippen LogP contribution < -0.4 is 4.57 Å². The van der Waals surface area contributed by atoms with Crippen molar-refractivity contribution in [1.29, 1.82) is 0 Å². The van der Waals surface area contributed by atoms with E-state index in [0.717, 1.165) is 12.1 Å². The zero-order valence-corrected chi connectivity index (χ0v) is 17.3. The number of aromatic nitrogens is 1. The van der Waals surface area contributed by atoms with Crippen LogP contribution in [0.2, 0.25) is 0 Å². The van der Waals surface area contributed by atoms with Gasteiger partial charge in [-0.3, -0.25) is 0 Å². The number of benzene rings is 2. The quantitative estimate of drug-likeness (QED) is 0.490. The maximum atomic E-state index is 8.53. The monoisotopic (exact) mass is 347 g/mol. The average Bonchev–Trinajstić information content (AvgIpc) is 2.58. The summed E-state index contributed by atoms with van der Waals surface area (Å²) in [5, 5.41) is 2.39. The molecule has 0 amide bonds. The fourth-order valence-corrected chi connectivity index (χ4v) is 3.75. The molecule has 1 aromatic heterocycles. The van der Waals surface area contributed by atoms with Crippen LogP contribution in [0.5, 0.6) is 0 Å². The number of rotatable bonds is 4. The van der Waals surface area contributed by atoms with Crippen LogP contribution in [0.15, 0.2) is 42.6 Å². The van der Waals surface area contributed by atoms with Crippen LogP contribution in [0, 0.1) is 19.8 Å². The summed E-state index contributed by atoms with van der Waals surface area (Å²) in [5.74, 6) is 1.11. The smallest absolute Gasteiger partial charge is 0.200 e. The minimum absolute atomic E-state index is 0.483. The minimum atomic E-state index is 0.483. The molecule has 0 saturated carbocycles. The van der Waals surface area contributed by atoms with Crippen molar-refractivity contribution >= 4 is 10.8 Å². The van der Waals surface area contributed by atoms with E-state index in [-0.39, 0.29) is 0 Å². The van der Waals surface area contributed by atoms with Crippen molar-refractivity contribution in [3.8, 4) is 11.3 Å². The molecule has 0 aliphatic rings. The van der Waals surface area contributed by atoms with E-state index in [2.05, 4.69) is 71.9 Å². The van der Waals surface area contributed by atoms with Gasteiger partial charge in [0.25, 0.3) is 0 Å². The molecule has 26 heavy (non-hydrogen) atoms. The summed E-state index contributed by atoms with van der Waals surface area (Å²) >= 11 is 0. The number of nitrogens with zero attached hydrogens (tertiary/aromatic N) is 1. The highest BCUT2D eigenvalue weighted by molar-refractivity contribution is 5.94. The molecule has 0 radical (unpaired) electrons. The Labute approximate surface area is 160 Å². The number of hydrogen-bond donors (Lipinski definition) is 0. The summed E-state index contributed by atoms with van der Waals surface area (Å²) in [5.41, 5.74) is 7.71. The van der Waals surface area contributed by atoms with Crippen molar-refractivity contribution < 1.29 is 5.94 Å². The third-order valence-electron chi connectivity index (χ3n) is 5.38. The lowest BCUT2D eigenvalue weighted by molar-refractivity contribution is -0.659. The van der Waals surface area contributed by atoms with Gasteiger partial charge in [0, 0.05) is 6.07 Å². The molecule has 0 aliphatic carbocycles. The molecular formula is C25H32N+. The molecule has 0 N–H and O–H groups in total. The summed E-state index contributed by atoms with van der Waals surface area (Å²) in [6.07, 6.45) is 1.62. The first-order valence-electron chi connectivity index (χ1n) is 10.2. The van der Waals surface area contributed by atoms with Crippen LogP contribution in [0.4, 0.5) is 0 Å². The Balaban J connectivity index is 2.33. The van der Waals surface area contributed by atoms with Crippen LogP contribution in [0.25, 0.3) is 22.0 Å². The second-order valence-electron chi connectivity index (χ2n) is 8.37. The van der Waals surface area contributed by atoms with Crippen LogP contribution in [-0.2, 0) is 13.5 Å². The highest BCUT2D eigenvalue weighted by Crippen LogP contribution is 2.32. The first kappa shape index (κ1) is 17.3. The van der Waals surface area contributed by atoms with Crippen molar-refractivity contribution in [3.63, 3.8) is 0 Å². The molecule has 0 unspecified atom stereocenters. The van der Waals surface area contributed by atoms with Crippen molar-refractivity contribution in [2.24, 2.45) is 13.0 Å². The Morgan fingerprint density at radius 1 is 1.00 bits per heavy atom. The molecule has 0 spiro atoms. The van der Waals surface area contributed by atoms with Gasteiger partial charge < -0.3 is 0 Å². The van der Waals surface area contributed by atoms with Crippen LogP contribution >= 0.6 is 0 Å². The summed E-state index contributed by atoms with van der Waals surface area (Å²) in [7, 11) is 2.01. The van der Waals surface area contributed by atoms with Gasteiger partial charge in [-0.15, -0.1) is 0 Å². The predicted octanol–water partition coefficient (Wildman–Crippen LogP) is 6.27. The molecule has 136 valence electrons. The van der Waals surface area contributed by atoms with E-state index in [9.17, 15) is 0 Å². The molecule has 0 bridgehead atoms. The van der Waals surface area contributed by atoms with Gasteiger partial charge in [-0.25, -0.2) is 4.57 Å². The first-order chi connectivity index (χ1) is 12.7. The van der Waals surface area contributed by atoms with Crippen molar-refractivity contribution in [2.45, 2.75) is 53.9 Å². The third-order valence-corrected chi connectivity index (χ3v) is 5.38. The third kappa shape index (κ3) is 3.53. The average molecular weight is 348 g/mol. The maximum absolute atomic E-state index is 8.53. The molecular weight excluding hydrogens is 314 g/mol. The number of fused-ring (bicyclic) bond motifs is 1. The van der Waals surface area contributed by atoms with Gasteiger partial charge >= 0.3 is 0 Å². The van der Waals surface area contributed by atoms with Crippen LogP contribution in [-0.4, -0.2) is 0 Å². The predicted molar refractivity (Wildman–Crippen MR) is 113 cm³/mol. The van der Waals surface area contributed by atoms with E-state index in [1.165, 1.54) is 38.6 Å². The molecule has 0 fully saturated rings. The Morgan fingerprint density at radius 3 is 2.38 bits per heavy atom. The molecule has 0 atom stereocenters. The van der Waals surface area contributed by atoms with E-state index in [4.69, 9.17) is 1.37 Å². The Bertz CT molecular complexity index is 999. The normalized spacial score (nSPS) is 12.3. The Hall–Kier alpha value is -2.15. The molecule has 1 nitrogen and oxygen atoms in total. The second kappa shape index (κ2) is 7.23. The van der Waals surface area contributed by atoms with Gasteiger partial charge in [0.2, 0.25) is 5.69 Å². The molecule has 1 heteroatoms.